The molecule has 0 bridgehead atoms. The fourth-order valence-corrected chi connectivity index (χ4v) is 4.47. The molecule has 0 aliphatic heterocycles. The molecule has 3 rings (SSSR count). The van der Waals surface area contributed by atoms with Crippen LogP contribution >= 0.6 is 11.3 Å². The molecule has 1 heterocycles. The highest BCUT2D eigenvalue weighted by Crippen LogP contribution is 2.38. The molecular weight excluding hydrogens is 386 g/mol. The van der Waals surface area contributed by atoms with Crippen molar-refractivity contribution in [3.63, 3.8) is 0 Å². The fraction of sp³-hybridized carbons (Fsp3) is 0.455. The minimum absolute atomic E-state index is 0.00633. The Morgan fingerprint density at radius 3 is 2.38 bits per heavy atom. The van der Waals surface area contributed by atoms with Crippen molar-refractivity contribution in [1.29, 1.82) is 0 Å². The molecule has 0 unspecified atom stereocenters. The van der Waals surface area contributed by atoms with Crippen LogP contribution in [0.25, 0.3) is 0 Å². The van der Waals surface area contributed by atoms with Crippen LogP contribution in [0.15, 0.2) is 24.3 Å². The van der Waals surface area contributed by atoms with E-state index in [4.69, 9.17) is 0 Å². The summed E-state index contributed by atoms with van der Waals surface area (Å²) in [5.74, 6) is -0.220. The summed E-state index contributed by atoms with van der Waals surface area (Å²) >= 11 is 1.24. The summed E-state index contributed by atoms with van der Waals surface area (Å²) in [6.45, 7) is 8.09. The van der Waals surface area contributed by atoms with E-state index >= 15 is 0 Å². The Balaban J connectivity index is 1.66. The van der Waals surface area contributed by atoms with Gasteiger partial charge in [-0.25, -0.2) is 4.98 Å². The monoisotopic (exact) mass is 413 g/mol. The highest BCUT2D eigenvalue weighted by molar-refractivity contribution is 7.17. The Labute approximate surface area is 175 Å². The topological polar surface area (TPSA) is 88.2 Å². The van der Waals surface area contributed by atoms with Crippen LogP contribution in [0, 0.1) is 11.3 Å². The van der Waals surface area contributed by atoms with Gasteiger partial charge < -0.3 is 5.32 Å². The van der Waals surface area contributed by atoms with Gasteiger partial charge in [0.05, 0.1) is 10.6 Å². The second-order valence-corrected chi connectivity index (χ2v) is 9.27. The lowest BCUT2D eigenvalue weighted by Crippen LogP contribution is -2.26. The first-order chi connectivity index (χ1) is 13.7. The van der Waals surface area contributed by atoms with Gasteiger partial charge in [0.1, 0.15) is 0 Å². The molecule has 0 fully saturated rings. The molecular formula is C22H27N3O3S. The highest BCUT2D eigenvalue weighted by atomic mass is 32.1. The van der Waals surface area contributed by atoms with Gasteiger partial charge in [0, 0.05) is 23.6 Å². The minimum atomic E-state index is -0.291. The van der Waals surface area contributed by atoms with E-state index < -0.39 is 0 Å². The number of fused-ring (bicyclic) bond motifs is 1. The summed E-state index contributed by atoms with van der Waals surface area (Å²) in [7, 11) is 0. The van der Waals surface area contributed by atoms with Gasteiger partial charge in [-0.05, 0) is 48.9 Å². The smallest absolute Gasteiger partial charge is 0.257 e. The number of nitrogens with one attached hydrogen (secondary N) is 2. The van der Waals surface area contributed by atoms with Crippen molar-refractivity contribution in [2.75, 3.05) is 10.6 Å². The first-order valence-electron chi connectivity index (χ1n) is 9.97. The van der Waals surface area contributed by atoms with Crippen molar-refractivity contribution < 1.29 is 14.4 Å². The number of carbonyl (C=O) groups is 3. The van der Waals surface area contributed by atoms with Gasteiger partial charge in [0.2, 0.25) is 5.91 Å². The zero-order valence-electron chi connectivity index (χ0n) is 17.3. The maximum Gasteiger partial charge on any atom is 0.257 e. The maximum absolute atomic E-state index is 12.6. The molecule has 2 aromatic rings. The molecule has 0 saturated heterocycles. The Kier molecular flexibility index (Phi) is 6.17. The summed E-state index contributed by atoms with van der Waals surface area (Å²) in [5, 5.41) is 6.12. The predicted octanol–water partition coefficient (Wildman–Crippen LogP) is 4.93. The molecule has 0 saturated carbocycles. The number of carbonyl (C=O) groups excluding carboxylic acids is 3. The number of anilines is 2. The molecule has 1 aliphatic carbocycles. The van der Waals surface area contributed by atoms with E-state index in [1.165, 1.54) is 11.3 Å². The van der Waals surface area contributed by atoms with E-state index in [9.17, 15) is 14.4 Å². The maximum atomic E-state index is 12.6. The second kappa shape index (κ2) is 8.45. The van der Waals surface area contributed by atoms with Gasteiger partial charge in [-0.1, -0.05) is 39.0 Å². The van der Waals surface area contributed by atoms with E-state index in [1.807, 2.05) is 13.8 Å². The Bertz CT molecular complexity index is 927. The predicted molar refractivity (Wildman–Crippen MR) is 116 cm³/mol. The molecule has 1 aromatic carbocycles. The number of aromatic nitrogens is 1. The van der Waals surface area contributed by atoms with E-state index in [-0.39, 0.29) is 28.9 Å². The minimum Gasteiger partial charge on any atom is -0.326 e. The molecule has 0 spiro atoms. The SMILES string of the molecule is CCC(CC)C(=O)Nc1ccc(C(=O)Nc2nc3c(s2)C(=O)CC(C)(C)C3)cc1. The Hall–Kier alpha value is -2.54. The zero-order chi connectivity index (χ0) is 21.2. The number of Topliss-reactive ketones (excluding diaryl/α,β-unsaturated/α-hetero) is 1. The summed E-state index contributed by atoms with van der Waals surface area (Å²) in [6, 6.07) is 6.77. The second-order valence-electron chi connectivity index (χ2n) is 8.27. The van der Waals surface area contributed by atoms with Crippen molar-refractivity contribution in [1.82, 2.24) is 4.98 Å². The van der Waals surface area contributed by atoms with Crippen LogP contribution in [0.1, 0.15) is 72.7 Å². The van der Waals surface area contributed by atoms with E-state index in [0.29, 0.717) is 27.7 Å². The third-order valence-corrected chi connectivity index (χ3v) is 6.28. The molecule has 7 heteroatoms. The van der Waals surface area contributed by atoms with Crippen LogP contribution in [0.3, 0.4) is 0 Å². The number of hydrogen-bond acceptors (Lipinski definition) is 5. The lowest BCUT2D eigenvalue weighted by molar-refractivity contribution is -0.120. The van der Waals surface area contributed by atoms with E-state index in [0.717, 1.165) is 25.0 Å². The number of hydrogen-bond donors (Lipinski definition) is 2. The number of ketones is 1. The van der Waals surface area contributed by atoms with E-state index in [2.05, 4.69) is 29.5 Å². The van der Waals surface area contributed by atoms with Gasteiger partial charge >= 0.3 is 0 Å². The van der Waals surface area contributed by atoms with Gasteiger partial charge in [-0.2, -0.15) is 0 Å². The van der Waals surface area contributed by atoms with Crippen LogP contribution in [-0.4, -0.2) is 22.6 Å². The van der Waals surface area contributed by atoms with Gasteiger partial charge in [0.25, 0.3) is 5.91 Å². The largest absolute Gasteiger partial charge is 0.326 e. The van der Waals surface area contributed by atoms with Crippen LogP contribution in [0.5, 0.6) is 0 Å². The number of nitrogens with zero attached hydrogens (tertiary/aromatic N) is 1. The summed E-state index contributed by atoms with van der Waals surface area (Å²) in [6.07, 6.45) is 2.81. The van der Waals surface area contributed by atoms with Crippen LogP contribution in [0.2, 0.25) is 0 Å². The lowest BCUT2D eigenvalue weighted by Gasteiger charge is -2.26. The average Bonchev–Trinajstić information content (AvgIpc) is 3.04. The third-order valence-electron chi connectivity index (χ3n) is 5.23. The van der Waals surface area contributed by atoms with Gasteiger partial charge in [0.15, 0.2) is 10.9 Å². The first-order valence-corrected chi connectivity index (χ1v) is 10.8. The zero-order valence-corrected chi connectivity index (χ0v) is 18.1. The van der Waals surface area contributed by atoms with Crippen LogP contribution in [-0.2, 0) is 11.2 Å². The van der Waals surface area contributed by atoms with Gasteiger partial charge in [-0.15, -0.1) is 0 Å². The molecule has 2 amide bonds. The van der Waals surface area contributed by atoms with Crippen molar-refractivity contribution >= 4 is 39.8 Å². The molecule has 29 heavy (non-hydrogen) atoms. The fourth-order valence-electron chi connectivity index (χ4n) is 3.55. The van der Waals surface area contributed by atoms with Crippen molar-refractivity contribution in [2.45, 2.75) is 53.4 Å². The van der Waals surface area contributed by atoms with E-state index in [1.54, 1.807) is 24.3 Å². The molecule has 0 radical (unpaired) electrons. The number of amides is 2. The molecule has 1 aromatic heterocycles. The molecule has 1 aliphatic rings. The van der Waals surface area contributed by atoms with Crippen molar-refractivity contribution in [2.24, 2.45) is 11.3 Å². The molecule has 0 atom stereocenters. The Morgan fingerprint density at radius 2 is 1.76 bits per heavy atom. The average molecular weight is 414 g/mol. The number of thiazole rings is 1. The highest BCUT2D eigenvalue weighted by Gasteiger charge is 2.34. The first kappa shape index (κ1) is 21.2. The number of rotatable bonds is 6. The Morgan fingerprint density at radius 1 is 1.10 bits per heavy atom. The summed E-state index contributed by atoms with van der Waals surface area (Å²) in [5.41, 5.74) is 1.79. The number of benzene rings is 1. The standard InChI is InChI=1S/C22H27N3O3S/c1-5-13(6-2)19(27)23-15-9-7-14(8-10-15)20(28)25-21-24-16-11-22(3,4)12-17(26)18(16)29-21/h7-10,13H,5-6,11-12H2,1-4H3,(H,23,27)(H,24,25,28). The molecule has 154 valence electrons. The third kappa shape index (κ3) is 4.90. The quantitative estimate of drug-likeness (QED) is 0.703. The van der Waals surface area contributed by atoms with Crippen molar-refractivity contribution in [3.05, 3.63) is 40.4 Å². The lowest BCUT2D eigenvalue weighted by atomic mass is 9.78. The van der Waals surface area contributed by atoms with Gasteiger partial charge in [-0.3, -0.25) is 19.7 Å². The normalized spacial score (nSPS) is 15.1. The van der Waals surface area contributed by atoms with Crippen LogP contribution < -0.4 is 10.6 Å². The summed E-state index contributed by atoms with van der Waals surface area (Å²) in [4.78, 5) is 42.2. The molecule has 6 nitrogen and oxygen atoms in total. The molecule has 2 N–H and O–H groups in total. The van der Waals surface area contributed by atoms with Crippen molar-refractivity contribution in [3.8, 4) is 0 Å². The summed E-state index contributed by atoms with van der Waals surface area (Å²) < 4.78 is 0. The van der Waals surface area contributed by atoms with Crippen LogP contribution in [0.4, 0.5) is 10.8 Å².